The van der Waals surface area contributed by atoms with Crippen LogP contribution in [0, 0.1) is 6.92 Å². The number of rotatable bonds is 2. The number of anilines is 1. The molecule has 114 valence electrons. The van der Waals surface area contributed by atoms with E-state index in [1.165, 1.54) is 11.5 Å². The van der Waals surface area contributed by atoms with Crippen molar-refractivity contribution in [2.24, 2.45) is 0 Å². The van der Waals surface area contributed by atoms with Gasteiger partial charge in [0, 0.05) is 6.54 Å². The molecule has 8 heteroatoms. The Hall–Kier alpha value is -1.51. The van der Waals surface area contributed by atoms with E-state index in [9.17, 15) is 0 Å². The summed E-state index contributed by atoms with van der Waals surface area (Å²) in [6.45, 7) is 4.91. The number of likely N-dealkylation sites (N-methyl/N-ethyl adjacent to an activating group) is 2. The van der Waals surface area contributed by atoms with Gasteiger partial charge in [0.2, 0.25) is 0 Å². The lowest BCUT2D eigenvalue weighted by molar-refractivity contribution is 0.215. The summed E-state index contributed by atoms with van der Waals surface area (Å²) >= 11 is 1.26. The van der Waals surface area contributed by atoms with Gasteiger partial charge in [0.15, 0.2) is 5.82 Å². The van der Waals surface area contributed by atoms with Crippen molar-refractivity contribution in [1.82, 2.24) is 24.3 Å². The van der Waals surface area contributed by atoms with Gasteiger partial charge in [-0.3, -0.25) is 4.90 Å². The summed E-state index contributed by atoms with van der Waals surface area (Å²) < 4.78 is 9.66. The van der Waals surface area contributed by atoms with Gasteiger partial charge in [-0.1, -0.05) is 5.16 Å². The Labute approximate surface area is 127 Å². The van der Waals surface area contributed by atoms with Gasteiger partial charge in [0.05, 0.1) is 17.3 Å². The van der Waals surface area contributed by atoms with Crippen molar-refractivity contribution < 1.29 is 4.52 Å². The zero-order valence-electron chi connectivity index (χ0n) is 12.5. The zero-order chi connectivity index (χ0) is 15.0. The molecule has 1 unspecified atom stereocenters. The van der Waals surface area contributed by atoms with Crippen LogP contribution in [0.3, 0.4) is 0 Å². The highest BCUT2D eigenvalue weighted by atomic mass is 32.1. The SMILES string of the molecule is Cc1nsc(N)c1-c1nc(C2CN(C)CCCN2C)no1. The van der Waals surface area contributed by atoms with Crippen molar-refractivity contribution in [3.8, 4) is 11.5 Å². The first kappa shape index (κ1) is 14.4. The molecule has 0 aromatic carbocycles. The summed E-state index contributed by atoms with van der Waals surface area (Å²) in [5.74, 6) is 1.18. The van der Waals surface area contributed by atoms with E-state index < -0.39 is 0 Å². The van der Waals surface area contributed by atoms with Gasteiger partial charge >= 0.3 is 0 Å². The maximum atomic E-state index is 5.95. The molecule has 0 aliphatic carbocycles. The summed E-state index contributed by atoms with van der Waals surface area (Å²) in [4.78, 5) is 9.14. The normalized spacial score (nSPS) is 21.6. The molecule has 2 aromatic heterocycles. The second-order valence-electron chi connectivity index (χ2n) is 5.58. The van der Waals surface area contributed by atoms with Crippen molar-refractivity contribution in [2.45, 2.75) is 19.4 Å². The van der Waals surface area contributed by atoms with E-state index in [1.807, 2.05) is 6.92 Å². The van der Waals surface area contributed by atoms with E-state index in [2.05, 4.69) is 38.4 Å². The smallest absolute Gasteiger partial charge is 0.262 e. The molecule has 0 amide bonds. The highest BCUT2D eigenvalue weighted by Crippen LogP contribution is 2.32. The topological polar surface area (TPSA) is 84.3 Å². The minimum atomic E-state index is 0.142. The van der Waals surface area contributed by atoms with E-state index >= 15 is 0 Å². The zero-order valence-corrected chi connectivity index (χ0v) is 13.4. The van der Waals surface area contributed by atoms with Gasteiger partial charge in [-0.2, -0.15) is 9.36 Å². The second-order valence-corrected chi connectivity index (χ2v) is 6.38. The quantitative estimate of drug-likeness (QED) is 0.897. The Kier molecular flexibility index (Phi) is 3.92. The highest BCUT2D eigenvalue weighted by Gasteiger charge is 2.27. The van der Waals surface area contributed by atoms with Crippen LogP contribution in [0.4, 0.5) is 5.00 Å². The van der Waals surface area contributed by atoms with Crippen LogP contribution in [-0.4, -0.2) is 58.0 Å². The molecule has 1 aliphatic heterocycles. The summed E-state index contributed by atoms with van der Waals surface area (Å²) in [6.07, 6.45) is 1.15. The molecule has 7 nitrogen and oxygen atoms in total. The minimum absolute atomic E-state index is 0.142. The summed E-state index contributed by atoms with van der Waals surface area (Å²) in [6, 6.07) is 0.142. The van der Waals surface area contributed by atoms with Gasteiger partial charge in [0.1, 0.15) is 5.00 Å². The fourth-order valence-electron chi connectivity index (χ4n) is 2.67. The number of nitrogens with two attached hydrogens (primary N) is 1. The standard InChI is InChI=1S/C13H20N6OS/c1-8-10(11(14)21-17-8)13-15-12(16-20-13)9-7-18(2)5-4-6-19(9)3/h9H,4-7,14H2,1-3H3. The molecular formula is C13H20N6OS. The Morgan fingerprint density at radius 3 is 2.86 bits per heavy atom. The fourth-order valence-corrected chi connectivity index (χ4v) is 3.32. The molecule has 1 aliphatic rings. The fraction of sp³-hybridized carbons (Fsp3) is 0.615. The molecule has 0 saturated carbocycles. The van der Waals surface area contributed by atoms with Crippen LogP contribution in [0.2, 0.25) is 0 Å². The van der Waals surface area contributed by atoms with Crippen LogP contribution >= 0.6 is 11.5 Å². The monoisotopic (exact) mass is 308 g/mol. The second kappa shape index (κ2) is 5.70. The first-order valence-electron chi connectivity index (χ1n) is 7.00. The molecule has 1 atom stereocenters. The average Bonchev–Trinajstić information content (AvgIpc) is 2.98. The molecule has 2 N–H and O–H groups in total. The molecule has 0 radical (unpaired) electrons. The van der Waals surface area contributed by atoms with Gasteiger partial charge in [0.25, 0.3) is 5.89 Å². The van der Waals surface area contributed by atoms with Gasteiger partial charge in [-0.15, -0.1) is 0 Å². The molecule has 0 spiro atoms. The summed E-state index contributed by atoms with van der Waals surface area (Å²) in [5, 5.41) is 4.79. The van der Waals surface area contributed by atoms with Crippen molar-refractivity contribution in [1.29, 1.82) is 0 Å². The number of nitrogens with zero attached hydrogens (tertiary/aromatic N) is 5. The molecule has 2 aromatic rings. The van der Waals surface area contributed by atoms with E-state index in [-0.39, 0.29) is 6.04 Å². The number of nitrogen functional groups attached to an aromatic ring is 1. The van der Waals surface area contributed by atoms with Crippen molar-refractivity contribution in [3.05, 3.63) is 11.5 Å². The van der Waals surface area contributed by atoms with Gasteiger partial charge in [-0.05, 0) is 52.1 Å². The predicted octanol–water partition coefficient (Wildman–Crippen LogP) is 1.39. The molecule has 1 fully saturated rings. The van der Waals surface area contributed by atoms with Gasteiger partial charge < -0.3 is 15.2 Å². The van der Waals surface area contributed by atoms with Crippen LogP contribution in [0.25, 0.3) is 11.5 Å². The van der Waals surface area contributed by atoms with E-state index in [0.29, 0.717) is 16.7 Å². The average molecular weight is 308 g/mol. The number of hydrogen-bond donors (Lipinski definition) is 1. The van der Waals surface area contributed by atoms with Crippen LogP contribution in [0.15, 0.2) is 4.52 Å². The van der Waals surface area contributed by atoms with E-state index in [4.69, 9.17) is 10.3 Å². The molecule has 0 bridgehead atoms. The minimum Gasteiger partial charge on any atom is -0.389 e. The Bertz CT molecular complexity index is 604. The summed E-state index contributed by atoms with van der Waals surface area (Å²) in [7, 11) is 4.23. The van der Waals surface area contributed by atoms with Crippen molar-refractivity contribution in [3.63, 3.8) is 0 Å². The van der Waals surface area contributed by atoms with E-state index in [1.54, 1.807) is 0 Å². The lowest BCUT2D eigenvalue weighted by Crippen LogP contribution is -2.31. The maximum Gasteiger partial charge on any atom is 0.262 e. The molecule has 3 heterocycles. The summed E-state index contributed by atoms with van der Waals surface area (Å²) in [5.41, 5.74) is 7.54. The maximum absolute atomic E-state index is 5.95. The number of aryl methyl sites for hydroxylation is 1. The highest BCUT2D eigenvalue weighted by molar-refractivity contribution is 7.10. The van der Waals surface area contributed by atoms with Crippen LogP contribution in [-0.2, 0) is 0 Å². The Morgan fingerprint density at radius 1 is 1.33 bits per heavy atom. The van der Waals surface area contributed by atoms with Crippen LogP contribution in [0.5, 0.6) is 0 Å². The predicted molar refractivity (Wildman–Crippen MR) is 82.0 cm³/mol. The first-order valence-corrected chi connectivity index (χ1v) is 7.78. The first-order chi connectivity index (χ1) is 10.1. The van der Waals surface area contributed by atoms with Crippen molar-refractivity contribution >= 4 is 16.5 Å². The Morgan fingerprint density at radius 2 is 2.14 bits per heavy atom. The molecule has 21 heavy (non-hydrogen) atoms. The third-order valence-electron chi connectivity index (χ3n) is 3.91. The molecule has 3 rings (SSSR count). The molecule has 1 saturated heterocycles. The van der Waals surface area contributed by atoms with Crippen molar-refractivity contribution in [2.75, 3.05) is 39.5 Å². The lowest BCUT2D eigenvalue weighted by atomic mass is 10.2. The van der Waals surface area contributed by atoms with E-state index in [0.717, 1.165) is 37.3 Å². The third kappa shape index (κ3) is 2.78. The number of aromatic nitrogens is 3. The largest absolute Gasteiger partial charge is 0.389 e. The number of hydrogen-bond acceptors (Lipinski definition) is 8. The van der Waals surface area contributed by atoms with Crippen LogP contribution < -0.4 is 5.73 Å². The lowest BCUT2D eigenvalue weighted by Gasteiger charge is -2.24. The third-order valence-corrected chi connectivity index (χ3v) is 4.68. The Balaban J connectivity index is 1.90. The van der Waals surface area contributed by atoms with Crippen LogP contribution in [0.1, 0.15) is 24.0 Å². The van der Waals surface area contributed by atoms with Gasteiger partial charge in [-0.25, -0.2) is 0 Å². The molecular weight excluding hydrogens is 288 g/mol.